The molecule has 1 heterocycles. The minimum absolute atomic E-state index is 0.473. The van der Waals surface area contributed by atoms with Crippen LogP contribution in [0.5, 0.6) is 0 Å². The Bertz CT molecular complexity index is 524. The third-order valence-electron chi connectivity index (χ3n) is 2.15. The molecular weight excluding hydrogens is 284 g/mol. The van der Waals surface area contributed by atoms with Crippen molar-refractivity contribution < 1.29 is 4.52 Å². The maximum atomic E-state index is 5.73. The van der Waals surface area contributed by atoms with Gasteiger partial charge in [0.2, 0.25) is 0 Å². The Kier molecular flexibility index (Phi) is 3.44. The van der Waals surface area contributed by atoms with Crippen LogP contribution < -0.4 is 5.73 Å². The Morgan fingerprint density at radius 2 is 2.18 bits per heavy atom. The first-order valence-electron chi connectivity index (χ1n) is 5.09. The van der Waals surface area contributed by atoms with Crippen molar-refractivity contribution in [3.05, 3.63) is 28.5 Å². The van der Waals surface area contributed by atoms with E-state index in [0.29, 0.717) is 23.9 Å². The molecule has 0 spiro atoms. The zero-order valence-corrected chi connectivity index (χ0v) is 11.2. The van der Waals surface area contributed by atoms with Gasteiger partial charge in [-0.25, -0.2) is 0 Å². The van der Waals surface area contributed by atoms with Gasteiger partial charge in [0.25, 0.3) is 5.89 Å². The number of benzene rings is 1. The lowest BCUT2D eigenvalue weighted by molar-refractivity contribution is 0.365. The number of nitrogens with two attached hydrogens (primary N) is 1. The van der Waals surface area contributed by atoms with Crippen molar-refractivity contribution in [2.45, 2.75) is 6.54 Å². The average Bonchev–Trinajstić information content (AvgIpc) is 2.69. The molecule has 5 nitrogen and oxygen atoms in total. The van der Waals surface area contributed by atoms with Crippen LogP contribution in [0.25, 0.3) is 11.5 Å². The van der Waals surface area contributed by atoms with E-state index in [2.05, 4.69) is 26.1 Å². The van der Waals surface area contributed by atoms with Crippen LogP contribution >= 0.6 is 15.9 Å². The summed E-state index contributed by atoms with van der Waals surface area (Å²) in [6.07, 6.45) is 0. The van der Waals surface area contributed by atoms with E-state index in [4.69, 9.17) is 10.3 Å². The molecule has 0 bridgehead atoms. The highest BCUT2D eigenvalue weighted by molar-refractivity contribution is 9.10. The number of hydrogen-bond donors (Lipinski definition) is 1. The fraction of sp³-hybridized carbons (Fsp3) is 0.273. The lowest BCUT2D eigenvalue weighted by Gasteiger charge is -2.03. The first-order valence-corrected chi connectivity index (χ1v) is 5.88. The molecule has 0 saturated heterocycles. The molecule has 1 aromatic carbocycles. The van der Waals surface area contributed by atoms with Crippen LogP contribution in [0.4, 0.5) is 5.69 Å². The summed E-state index contributed by atoms with van der Waals surface area (Å²) >= 11 is 3.43. The van der Waals surface area contributed by atoms with E-state index in [9.17, 15) is 0 Å². The van der Waals surface area contributed by atoms with Crippen LogP contribution in [0.3, 0.4) is 0 Å². The predicted octanol–water partition coefficient (Wildman–Crippen LogP) is 2.14. The molecule has 2 aromatic rings. The minimum atomic E-state index is 0.473. The van der Waals surface area contributed by atoms with E-state index in [1.54, 1.807) is 6.07 Å². The van der Waals surface area contributed by atoms with Crippen molar-refractivity contribution in [1.29, 1.82) is 0 Å². The second-order valence-corrected chi connectivity index (χ2v) is 4.85. The number of anilines is 1. The Morgan fingerprint density at radius 1 is 1.41 bits per heavy atom. The van der Waals surface area contributed by atoms with Gasteiger partial charge in [0.05, 0.1) is 12.1 Å². The highest BCUT2D eigenvalue weighted by Crippen LogP contribution is 2.28. The van der Waals surface area contributed by atoms with Gasteiger partial charge in [-0.1, -0.05) is 5.16 Å². The Labute approximate surface area is 108 Å². The number of rotatable bonds is 3. The molecule has 17 heavy (non-hydrogen) atoms. The molecule has 0 radical (unpaired) electrons. The molecule has 0 aliphatic carbocycles. The van der Waals surface area contributed by atoms with Crippen LogP contribution in [-0.2, 0) is 6.54 Å². The van der Waals surface area contributed by atoms with Gasteiger partial charge in [0.15, 0.2) is 5.82 Å². The molecule has 0 aliphatic heterocycles. The van der Waals surface area contributed by atoms with E-state index in [1.165, 1.54) is 0 Å². The highest BCUT2D eigenvalue weighted by Gasteiger charge is 2.12. The molecule has 0 saturated carbocycles. The second kappa shape index (κ2) is 4.85. The maximum absolute atomic E-state index is 5.73. The normalized spacial score (nSPS) is 11.1. The number of aromatic nitrogens is 2. The standard InChI is InChI=1S/C11H13BrN4O/c1-16(2)6-10-14-11(17-15-10)8-5-7(13)3-4-9(8)12/h3-5H,6,13H2,1-2H3. The first-order chi connectivity index (χ1) is 8.06. The lowest BCUT2D eigenvalue weighted by Crippen LogP contribution is -2.11. The summed E-state index contributed by atoms with van der Waals surface area (Å²) in [6.45, 7) is 0.642. The average molecular weight is 297 g/mol. The van der Waals surface area contributed by atoms with Gasteiger partial charge in [-0.2, -0.15) is 4.98 Å². The first kappa shape index (κ1) is 12.1. The van der Waals surface area contributed by atoms with Crippen molar-refractivity contribution in [3.8, 4) is 11.5 Å². The van der Waals surface area contributed by atoms with Crippen LogP contribution in [-0.4, -0.2) is 29.1 Å². The molecular formula is C11H13BrN4O. The summed E-state index contributed by atoms with van der Waals surface area (Å²) in [4.78, 5) is 6.29. The van der Waals surface area contributed by atoms with Crippen molar-refractivity contribution in [2.24, 2.45) is 0 Å². The van der Waals surface area contributed by atoms with Gasteiger partial charge in [-0.3, -0.25) is 0 Å². The van der Waals surface area contributed by atoms with E-state index >= 15 is 0 Å². The summed E-state index contributed by atoms with van der Waals surface area (Å²) < 4.78 is 6.10. The Morgan fingerprint density at radius 3 is 2.88 bits per heavy atom. The van der Waals surface area contributed by atoms with E-state index in [0.717, 1.165) is 10.0 Å². The SMILES string of the molecule is CN(C)Cc1noc(-c2cc(N)ccc2Br)n1. The molecule has 1 aromatic heterocycles. The van der Waals surface area contributed by atoms with Crippen LogP contribution in [0.2, 0.25) is 0 Å². The molecule has 0 unspecified atom stereocenters. The molecule has 0 fully saturated rings. The van der Waals surface area contributed by atoms with E-state index in [-0.39, 0.29) is 0 Å². The number of nitrogen functional groups attached to an aromatic ring is 1. The monoisotopic (exact) mass is 296 g/mol. The zero-order valence-electron chi connectivity index (χ0n) is 9.64. The largest absolute Gasteiger partial charge is 0.399 e. The van der Waals surface area contributed by atoms with Gasteiger partial charge in [0, 0.05) is 10.2 Å². The van der Waals surface area contributed by atoms with Crippen molar-refractivity contribution >= 4 is 21.6 Å². The van der Waals surface area contributed by atoms with Crippen molar-refractivity contribution in [1.82, 2.24) is 15.0 Å². The smallest absolute Gasteiger partial charge is 0.259 e. The third-order valence-corrected chi connectivity index (χ3v) is 2.84. The van der Waals surface area contributed by atoms with Crippen molar-refractivity contribution in [3.63, 3.8) is 0 Å². The summed E-state index contributed by atoms with van der Waals surface area (Å²) in [5, 5.41) is 3.91. The molecule has 90 valence electrons. The highest BCUT2D eigenvalue weighted by atomic mass is 79.9. The van der Waals surface area contributed by atoms with E-state index < -0.39 is 0 Å². The molecule has 0 amide bonds. The van der Waals surface area contributed by atoms with Crippen LogP contribution in [0.1, 0.15) is 5.82 Å². The van der Waals surface area contributed by atoms with Gasteiger partial charge in [-0.05, 0) is 48.2 Å². The number of halogens is 1. The molecule has 2 rings (SSSR count). The predicted molar refractivity (Wildman–Crippen MR) is 69.2 cm³/mol. The summed E-state index contributed by atoms with van der Waals surface area (Å²) in [7, 11) is 3.90. The molecule has 2 N–H and O–H groups in total. The Hall–Kier alpha value is -1.40. The molecule has 0 atom stereocenters. The minimum Gasteiger partial charge on any atom is -0.399 e. The second-order valence-electron chi connectivity index (χ2n) is 3.99. The fourth-order valence-corrected chi connectivity index (χ4v) is 1.83. The van der Waals surface area contributed by atoms with E-state index in [1.807, 2.05) is 31.1 Å². The fourth-order valence-electron chi connectivity index (χ4n) is 1.42. The van der Waals surface area contributed by atoms with Gasteiger partial charge < -0.3 is 15.2 Å². The molecule has 6 heteroatoms. The number of hydrogen-bond acceptors (Lipinski definition) is 5. The topological polar surface area (TPSA) is 68.2 Å². The Balaban J connectivity index is 2.33. The maximum Gasteiger partial charge on any atom is 0.259 e. The summed E-state index contributed by atoms with van der Waals surface area (Å²) in [5.74, 6) is 1.13. The zero-order chi connectivity index (χ0) is 12.4. The summed E-state index contributed by atoms with van der Waals surface area (Å²) in [6, 6.07) is 5.47. The van der Waals surface area contributed by atoms with Crippen molar-refractivity contribution in [2.75, 3.05) is 19.8 Å². The quantitative estimate of drug-likeness (QED) is 0.879. The van der Waals surface area contributed by atoms with Crippen LogP contribution in [0, 0.1) is 0 Å². The van der Waals surface area contributed by atoms with Crippen LogP contribution in [0.15, 0.2) is 27.2 Å². The third kappa shape index (κ3) is 2.83. The van der Waals surface area contributed by atoms with Gasteiger partial charge in [-0.15, -0.1) is 0 Å². The van der Waals surface area contributed by atoms with Gasteiger partial charge in [0.1, 0.15) is 0 Å². The lowest BCUT2D eigenvalue weighted by atomic mass is 10.2. The number of nitrogens with zero attached hydrogens (tertiary/aromatic N) is 3. The van der Waals surface area contributed by atoms with Gasteiger partial charge >= 0.3 is 0 Å². The molecule has 0 aliphatic rings. The summed E-state index contributed by atoms with van der Waals surface area (Å²) in [5.41, 5.74) is 7.20.